The topological polar surface area (TPSA) is 44.7 Å². The van der Waals surface area contributed by atoms with E-state index in [9.17, 15) is 4.79 Å². The van der Waals surface area contributed by atoms with Gasteiger partial charge in [-0.15, -0.1) is 0 Å². The van der Waals surface area contributed by atoms with Crippen LogP contribution < -0.4 is 10.3 Å². The lowest BCUT2D eigenvalue weighted by molar-refractivity contribution is 0.0955. The summed E-state index contributed by atoms with van der Waals surface area (Å²) in [6.07, 6.45) is 3.99. The van der Waals surface area contributed by atoms with Crippen molar-refractivity contribution in [2.75, 3.05) is 11.4 Å². The van der Waals surface area contributed by atoms with Gasteiger partial charge in [0.1, 0.15) is 0 Å². The van der Waals surface area contributed by atoms with E-state index in [2.05, 4.69) is 61.3 Å². The second-order valence-electron chi connectivity index (χ2n) is 7.07. The van der Waals surface area contributed by atoms with Crippen molar-refractivity contribution in [3.8, 4) is 0 Å². The molecule has 2 aromatic carbocycles. The largest absolute Gasteiger partial charge is 0.363 e. The monoisotopic (exact) mass is 347 g/mol. The maximum Gasteiger partial charge on any atom is 0.271 e. The predicted octanol–water partition coefficient (Wildman–Crippen LogP) is 4.47. The van der Waals surface area contributed by atoms with Crippen LogP contribution in [0.15, 0.2) is 59.7 Å². The van der Waals surface area contributed by atoms with Crippen LogP contribution in [-0.2, 0) is 0 Å². The van der Waals surface area contributed by atoms with Crippen LogP contribution in [-0.4, -0.2) is 24.2 Å². The maximum atomic E-state index is 12.0. The molecule has 0 spiro atoms. The molecule has 3 rings (SSSR count). The van der Waals surface area contributed by atoms with Crippen molar-refractivity contribution in [1.82, 2.24) is 5.43 Å². The van der Waals surface area contributed by atoms with Crippen molar-refractivity contribution >= 4 is 23.4 Å². The quantitative estimate of drug-likeness (QED) is 0.655. The van der Waals surface area contributed by atoms with E-state index in [1.54, 1.807) is 18.3 Å². The Morgan fingerprint density at radius 2 is 1.92 bits per heavy atom. The lowest BCUT2D eigenvalue weighted by Crippen LogP contribution is -2.44. The van der Waals surface area contributed by atoms with E-state index >= 15 is 0 Å². The summed E-state index contributed by atoms with van der Waals surface area (Å²) in [6, 6.07) is 15.4. The smallest absolute Gasteiger partial charge is 0.271 e. The summed E-state index contributed by atoms with van der Waals surface area (Å²) in [4.78, 5) is 14.4. The molecule has 134 valence electrons. The van der Waals surface area contributed by atoms with Gasteiger partial charge in [0.25, 0.3) is 5.91 Å². The second-order valence-corrected chi connectivity index (χ2v) is 7.07. The molecule has 0 fully saturated rings. The van der Waals surface area contributed by atoms with Crippen LogP contribution in [0.3, 0.4) is 0 Å². The molecule has 0 radical (unpaired) electrons. The van der Waals surface area contributed by atoms with E-state index < -0.39 is 0 Å². The Kier molecular flexibility index (Phi) is 4.94. The molecule has 0 saturated heterocycles. The van der Waals surface area contributed by atoms with Crippen molar-refractivity contribution < 1.29 is 4.79 Å². The summed E-state index contributed by atoms with van der Waals surface area (Å²) >= 11 is 0. The van der Waals surface area contributed by atoms with E-state index in [0.29, 0.717) is 5.56 Å². The molecule has 0 bridgehead atoms. The molecule has 0 aliphatic carbocycles. The number of hydrogen-bond acceptors (Lipinski definition) is 3. The molecule has 1 aliphatic rings. The van der Waals surface area contributed by atoms with Crippen LogP contribution >= 0.6 is 0 Å². The molecule has 1 aliphatic heterocycles. The number of fused-ring (bicyclic) bond motifs is 1. The standard InChI is InChI=1S/C22H25N3O/c1-5-25-20-12-11-17(13-19(20)16(2)14-22(25,3)4)15-23-24-21(26)18-9-7-6-8-10-18/h6-15H,5H2,1-4H3,(H,24,26)/b23-15-. The fourth-order valence-corrected chi connectivity index (χ4v) is 3.58. The van der Waals surface area contributed by atoms with Gasteiger partial charge in [0.15, 0.2) is 0 Å². The summed E-state index contributed by atoms with van der Waals surface area (Å²) in [5, 5.41) is 4.10. The minimum Gasteiger partial charge on any atom is -0.363 e. The zero-order chi connectivity index (χ0) is 18.7. The Balaban J connectivity index is 1.79. The Hall–Kier alpha value is -2.88. The highest BCUT2D eigenvalue weighted by atomic mass is 16.2. The summed E-state index contributed by atoms with van der Waals surface area (Å²) < 4.78 is 0. The SMILES string of the molecule is CCN1c2ccc(/C=N\NC(=O)c3ccccc3)cc2C(C)=CC1(C)C. The first-order valence-electron chi connectivity index (χ1n) is 8.92. The van der Waals surface area contributed by atoms with Gasteiger partial charge in [0, 0.05) is 23.4 Å². The number of amides is 1. The summed E-state index contributed by atoms with van der Waals surface area (Å²) in [7, 11) is 0. The molecule has 2 aromatic rings. The van der Waals surface area contributed by atoms with Gasteiger partial charge in [-0.25, -0.2) is 5.43 Å². The molecule has 26 heavy (non-hydrogen) atoms. The third-order valence-corrected chi connectivity index (χ3v) is 4.73. The van der Waals surface area contributed by atoms with Crippen LogP contribution in [0.5, 0.6) is 0 Å². The molecule has 0 unspecified atom stereocenters. The average molecular weight is 347 g/mol. The highest BCUT2D eigenvalue weighted by molar-refractivity contribution is 5.95. The lowest BCUT2D eigenvalue weighted by atomic mass is 9.88. The third-order valence-electron chi connectivity index (χ3n) is 4.73. The number of carbonyl (C=O) groups excluding carboxylic acids is 1. The lowest BCUT2D eigenvalue weighted by Gasteiger charge is -2.42. The van der Waals surface area contributed by atoms with Gasteiger partial charge in [0.2, 0.25) is 0 Å². The molecule has 0 saturated carbocycles. The van der Waals surface area contributed by atoms with Crippen molar-refractivity contribution in [3.63, 3.8) is 0 Å². The number of rotatable bonds is 4. The Morgan fingerprint density at radius 3 is 2.62 bits per heavy atom. The van der Waals surface area contributed by atoms with E-state index in [4.69, 9.17) is 0 Å². The molecule has 0 atom stereocenters. The number of anilines is 1. The van der Waals surface area contributed by atoms with Gasteiger partial charge < -0.3 is 4.90 Å². The maximum absolute atomic E-state index is 12.0. The fraction of sp³-hybridized carbons (Fsp3) is 0.273. The molecular formula is C22H25N3O. The number of nitrogens with one attached hydrogen (secondary N) is 1. The van der Waals surface area contributed by atoms with E-state index in [0.717, 1.165) is 12.1 Å². The second kappa shape index (κ2) is 7.16. The minimum absolute atomic E-state index is 0.00506. The number of likely N-dealkylation sites (N-methyl/N-ethyl adjacent to an activating group) is 1. The van der Waals surface area contributed by atoms with Gasteiger partial charge in [0.05, 0.1) is 11.8 Å². The van der Waals surface area contributed by atoms with Crippen molar-refractivity contribution in [2.24, 2.45) is 5.10 Å². The first kappa shape index (κ1) is 17.9. The zero-order valence-electron chi connectivity index (χ0n) is 15.8. The van der Waals surface area contributed by atoms with Crippen LogP contribution in [0, 0.1) is 0 Å². The highest BCUT2D eigenvalue weighted by Crippen LogP contribution is 2.38. The highest BCUT2D eigenvalue weighted by Gasteiger charge is 2.29. The van der Waals surface area contributed by atoms with Crippen molar-refractivity contribution in [1.29, 1.82) is 0 Å². The van der Waals surface area contributed by atoms with Crippen LogP contribution in [0.1, 0.15) is 49.2 Å². The van der Waals surface area contributed by atoms with Crippen LogP contribution in [0.4, 0.5) is 5.69 Å². The van der Waals surface area contributed by atoms with E-state index in [1.807, 2.05) is 24.3 Å². The van der Waals surface area contributed by atoms with Gasteiger partial charge in [-0.2, -0.15) is 5.10 Å². The molecular weight excluding hydrogens is 322 g/mol. The minimum atomic E-state index is -0.213. The van der Waals surface area contributed by atoms with Gasteiger partial charge in [-0.3, -0.25) is 4.79 Å². The third kappa shape index (κ3) is 3.54. The molecule has 4 heteroatoms. The first-order chi connectivity index (χ1) is 12.4. The van der Waals surface area contributed by atoms with Crippen molar-refractivity contribution in [2.45, 2.75) is 33.2 Å². The van der Waals surface area contributed by atoms with Gasteiger partial charge in [-0.05, 0) is 63.1 Å². The molecule has 4 nitrogen and oxygen atoms in total. The number of carbonyl (C=O) groups is 1. The number of allylic oxidation sites excluding steroid dienone is 1. The van der Waals surface area contributed by atoms with Crippen molar-refractivity contribution in [3.05, 3.63) is 71.3 Å². The number of hydrogen-bond donors (Lipinski definition) is 1. The summed E-state index contributed by atoms with van der Waals surface area (Å²) in [5.74, 6) is -0.213. The fourth-order valence-electron chi connectivity index (χ4n) is 3.58. The average Bonchev–Trinajstić information content (AvgIpc) is 2.62. The Bertz CT molecular complexity index is 866. The number of benzene rings is 2. The Labute approximate surface area is 155 Å². The zero-order valence-corrected chi connectivity index (χ0v) is 15.8. The predicted molar refractivity (Wildman–Crippen MR) is 109 cm³/mol. The number of nitrogens with zero attached hydrogens (tertiary/aromatic N) is 2. The van der Waals surface area contributed by atoms with Gasteiger partial charge in [-0.1, -0.05) is 30.3 Å². The summed E-state index contributed by atoms with van der Waals surface area (Å²) in [5.41, 5.74) is 7.85. The van der Waals surface area contributed by atoms with E-state index in [-0.39, 0.29) is 11.4 Å². The summed E-state index contributed by atoms with van der Waals surface area (Å²) in [6.45, 7) is 9.74. The first-order valence-corrected chi connectivity index (χ1v) is 8.92. The molecule has 0 aromatic heterocycles. The van der Waals surface area contributed by atoms with Crippen LogP contribution in [0.2, 0.25) is 0 Å². The number of hydrazone groups is 1. The van der Waals surface area contributed by atoms with Gasteiger partial charge >= 0.3 is 0 Å². The Morgan fingerprint density at radius 1 is 1.19 bits per heavy atom. The van der Waals surface area contributed by atoms with Crippen LogP contribution in [0.25, 0.3) is 5.57 Å². The molecule has 1 heterocycles. The molecule has 1 N–H and O–H groups in total. The normalized spacial score (nSPS) is 15.5. The van der Waals surface area contributed by atoms with E-state index in [1.165, 1.54) is 16.8 Å². The molecule has 1 amide bonds.